The zero-order valence-electron chi connectivity index (χ0n) is 13.6. The first-order valence-corrected chi connectivity index (χ1v) is 7.55. The number of benzene rings is 1. The van der Waals surface area contributed by atoms with Crippen molar-refractivity contribution in [1.29, 1.82) is 0 Å². The first kappa shape index (κ1) is 17.3. The number of nitrogens with zero attached hydrogens (tertiary/aromatic N) is 1. The average Bonchev–Trinajstić information content (AvgIpc) is 3.29. The molecule has 1 aliphatic rings. The van der Waals surface area contributed by atoms with E-state index in [1.54, 1.807) is 12.1 Å². The number of amides is 1. The summed E-state index contributed by atoms with van der Waals surface area (Å²) in [5.41, 5.74) is -0.827. The van der Waals surface area contributed by atoms with Gasteiger partial charge in [-0.3, -0.25) is 14.9 Å². The van der Waals surface area contributed by atoms with Crippen molar-refractivity contribution < 1.29 is 33.1 Å². The fourth-order valence-electron chi connectivity index (χ4n) is 2.25. The van der Waals surface area contributed by atoms with Crippen LogP contribution in [0.15, 0.2) is 34.9 Å². The van der Waals surface area contributed by atoms with E-state index in [0.717, 1.165) is 12.1 Å². The molecule has 26 heavy (non-hydrogen) atoms. The van der Waals surface area contributed by atoms with Crippen LogP contribution in [0.5, 0.6) is 11.5 Å². The molecule has 10 nitrogen and oxygen atoms in total. The van der Waals surface area contributed by atoms with Gasteiger partial charge in [-0.25, -0.2) is 4.79 Å². The molecule has 0 aliphatic carbocycles. The third-order valence-electron chi connectivity index (χ3n) is 3.58. The summed E-state index contributed by atoms with van der Waals surface area (Å²) in [4.78, 5) is 34.8. The topological polar surface area (TPSA) is 130 Å². The highest BCUT2D eigenvalue weighted by atomic mass is 16.7. The minimum absolute atomic E-state index is 0.101. The van der Waals surface area contributed by atoms with E-state index in [1.807, 2.05) is 0 Å². The summed E-state index contributed by atoms with van der Waals surface area (Å²) in [6, 6.07) is 5.59. The maximum Gasteiger partial charge on any atom is 0.346 e. The molecule has 0 bridgehead atoms. The quantitative estimate of drug-likeness (QED) is 0.467. The molecule has 0 saturated heterocycles. The average molecular weight is 362 g/mol. The van der Waals surface area contributed by atoms with Crippen LogP contribution >= 0.6 is 0 Å². The number of nitro benzene ring substituents is 1. The fourth-order valence-corrected chi connectivity index (χ4v) is 2.25. The van der Waals surface area contributed by atoms with Gasteiger partial charge in [0.15, 0.2) is 17.6 Å². The Morgan fingerprint density at radius 3 is 2.73 bits per heavy atom. The highest BCUT2D eigenvalue weighted by molar-refractivity contribution is 5.96. The summed E-state index contributed by atoms with van der Waals surface area (Å²) in [5.74, 6) is -0.702. The Hall–Kier alpha value is -3.56. The van der Waals surface area contributed by atoms with Crippen molar-refractivity contribution in [2.45, 2.75) is 19.6 Å². The van der Waals surface area contributed by atoms with Crippen molar-refractivity contribution in [2.24, 2.45) is 0 Å². The van der Waals surface area contributed by atoms with Crippen LogP contribution in [0.1, 0.15) is 23.0 Å². The molecular weight excluding hydrogens is 348 g/mol. The molecule has 1 N–H and O–H groups in total. The molecule has 0 unspecified atom stereocenters. The van der Waals surface area contributed by atoms with Gasteiger partial charge >= 0.3 is 5.97 Å². The third-order valence-corrected chi connectivity index (χ3v) is 3.58. The summed E-state index contributed by atoms with van der Waals surface area (Å²) in [5, 5.41) is 13.7. The van der Waals surface area contributed by atoms with Gasteiger partial charge in [-0.2, -0.15) is 0 Å². The number of carbonyl (C=O) groups excluding carboxylic acids is 2. The first-order chi connectivity index (χ1) is 12.5. The highest BCUT2D eigenvalue weighted by Gasteiger charge is 2.30. The second kappa shape index (κ2) is 7.13. The number of carbonyl (C=O) groups is 2. The maximum absolute atomic E-state index is 12.3. The van der Waals surface area contributed by atoms with E-state index in [1.165, 1.54) is 13.2 Å². The second-order valence-corrected chi connectivity index (χ2v) is 5.32. The minimum Gasteiger partial charge on any atom is -0.467 e. The van der Waals surface area contributed by atoms with Crippen molar-refractivity contribution in [3.63, 3.8) is 0 Å². The third kappa shape index (κ3) is 3.58. The number of furan rings is 1. The number of nitrogens with one attached hydrogen (secondary N) is 1. The van der Waals surface area contributed by atoms with Crippen LogP contribution in [-0.4, -0.2) is 29.7 Å². The predicted octanol–water partition coefficient (Wildman–Crippen LogP) is 1.78. The zero-order valence-corrected chi connectivity index (χ0v) is 13.6. The van der Waals surface area contributed by atoms with Gasteiger partial charge in [-0.15, -0.1) is 0 Å². The van der Waals surface area contributed by atoms with E-state index in [9.17, 15) is 19.7 Å². The van der Waals surface area contributed by atoms with Crippen LogP contribution in [0, 0.1) is 10.1 Å². The Bertz CT molecular complexity index is 846. The molecule has 0 spiro atoms. The molecule has 136 valence electrons. The van der Waals surface area contributed by atoms with Crippen molar-refractivity contribution >= 4 is 17.6 Å². The summed E-state index contributed by atoms with van der Waals surface area (Å²) in [7, 11) is 0. The summed E-state index contributed by atoms with van der Waals surface area (Å²) in [6.07, 6.45) is 0.298. The number of rotatable bonds is 6. The molecule has 2 heterocycles. The van der Waals surface area contributed by atoms with Gasteiger partial charge in [0.25, 0.3) is 11.6 Å². The molecule has 1 aromatic carbocycles. The zero-order chi connectivity index (χ0) is 18.7. The van der Waals surface area contributed by atoms with Crippen molar-refractivity contribution in [2.75, 3.05) is 6.79 Å². The van der Waals surface area contributed by atoms with Crippen molar-refractivity contribution in [1.82, 2.24) is 5.32 Å². The Labute approximate surface area is 146 Å². The SMILES string of the molecule is C[C@@H](OC(=O)c1cc2c(cc1[N+](=O)[O-])OCO2)C(=O)NCc1ccco1. The molecule has 1 aliphatic heterocycles. The van der Waals surface area contributed by atoms with Crippen LogP contribution in [0.25, 0.3) is 0 Å². The summed E-state index contributed by atoms with van der Waals surface area (Å²) < 4.78 is 20.3. The number of nitro groups is 1. The molecule has 3 rings (SSSR count). The van der Waals surface area contributed by atoms with E-state index in [2.05, 4.69) is 5.32 Å². The van der Waals surface area contributed by atoms with E-state index in [4.69, 9.17) is 18.6 Å². The number of esters is 1. The van der Waals surface area contributed by atoms with Crippen LogP contribution in [0.4, 0.5) is 5.69 Å². The van der Waals surface area contributed by atoms with Crippen LogP contribution in [0.2, 0.25) is 0 Å². The van der Waals surface area contributed by atoms with E-state index in [-0.39, 0.29) is 30.4 Å². The molecule has 10 heteroatoms. The highest BCUT2D eigenvalue weighted by Crippen LogP contribution is 2.38. The smallest absolute Gasteiger partial charge is 0.346 e. The first-order valence-electron chi connectivity index (χ1n) is 7.55. The predicted molar refractivity (Wildman–Crippen MR) is 84.7 cm³/mol. The Morgan fingerprint density at radius 1 is 1.35 bits per heavy atom. The molecular formula is C16H14N2O8. The van der Waals surface area contributed by atoms with Gasteiger partial charge < -0.3 is 23.9 Å². The van der Waals surface area contributed by atoms with Crippen LogP contribution in [-0.2, 0) is 16.1 Å². The maximum atomic E-state index is 12.3. The molecule has 1 atom stereocenters. The van der Waals surface area contributed by atoms with Gasteiger partial charge in [-0.05, 0) is 19.1 Å². The van der Waals surface area contributed by atoms with Gasteiger partial charge in [0.2, 0.25) is 6.79 Å². The summed E-state index contributed by atoms with van der Waals surface area (Å²) >= 11 is 0. The Balaban J connectivity index is 1.69. The number of hydrogen-bond donors (Lipinski definition) is 1. The molecule has 0 saturated carbocycles. The number of hydrogen-bond acceptors (Lipinski definition) is 8. The number of ether oxygens (including phenoxy) is 3. The lowest BCUT2D eigenvalue weighted by atomic mass is 10.1. The van der Waals surface area contributed by atoms with Gasteiger partial charge in [0.05, 0.1) is 23.8 Å². The van der Waals surface area contributed by atoms with Crippen LogP contribution < -0.4 is 14.8 Å². The van der Waals surface area contributed by atoms with Crippen molar-refractivity contribution in [3.8, 4) is 11.5 Å². The fraction of sp³-hybridized carbons (Fsp3) is 0.250. The molecule has 0 radical (unpaired) electrons. The molecule has 1 aromatic heterocycles. The molecule has 1 amide bonds. The van der Waals surface area contributed by atoms with Gasteiger partial charge in [0.1, 0.15) is 11.3 Å². The summed E-state index contributed by atoms with van der Waals surface area (Å²) in [6.45, 7) is 1.38. The Kier molecular flexibility index (Phi) is 4.74. The van der Waals surface area contributed by atoms with Crippen LogP contribution in [0.3, 0.4) is 0 Å². The lowest BCUT2D eigenvalue weighted by molar-refractivity contribution is -0.385. The van der Waals surface area contributed by atoms with Gasteiger partial charge in [-0.1, -0.05) is 0 Å². The van der Waals surface area contributed by atoms with E-state index in [0.29, 0.717) is 5.76 Å². The van der Waals surface area contributed by atoms with Crippen molar-refractivity contribution in [3.05, 3.63) is 52.0 Å². The molecule has 2 aromatic rings. The number of fused-ring (bicyclic) bond motifs is 1. The normalized spacial score (nSPS) is 13.1. The lowest BCUT2D eigenvalue weighted by Crippen LogP contribution is -2.35. The molecule has 0 fully saturated rings. The minimum atomic E-state index is -1.16. The second-order valence-electron chi connectivity index (χ2n) is 5.32. The van der Waals surface area contributed by atoms with E-state index < -0.39 is 28.6 Å². The van der Waals surface area contributed by atoms with E-state index >= 15 is 0 Å². The standard InChI is InChI=1S/C16H14N2O8/c1-9(15(19)17-7-10-3-2-4-23-10)26-16(20)11-5-13-14(25-8-24-13)6-12(11)18(21)22/h2-6,9H,7-8H2,1H3,(H,17,19)/t9-/m1/s1. The Morgan fingerprint density at radius 2 is 2.08 bits per heavy atom. The lowest BCUT2D eigenvalue weighted by Gasteiger charge is -2.13. The largest absolute Gasteiger partial charge is 0.467 e. The van der Waals surface area contributed by atoms with Gasteiger partial charge in [0, 0.05) is 6.07 Å². The monoisotopic (exact) mass is 362 g/mol.